The molecule has 1 unspecified atom stereocenters. The minimum atomic E-state index is -0.477. The summed E-state index contributed by atoms with van der Waals surface area (Å²) in [5.74, 6) is 1.31. The summed E-state index contributed by atoms with van der Waals surface area (Å²) in [6.07, 6.45) is 13.5. The SMILES string of the molecule is CCCC[P+](CCCC)(CCCC)P[TeH]. The second-order valence-corrected chi connectivity index (χ2v) is 16.9. The molecule has 0 aliphatic carbocycles. The molecule has 0 aromatic carbocycles. The summed E-state index contributed by atoms with van der Waals surface area (Å²) >= 11 is 2.12. The monoisotopic (exact) mass is 365 g/mol. The van der Waals surface area contributed by atoms with Crippen LogP contribution in [0.15, 0.2) is 0 Å². The third-order valence-electron chi connectivity index (χ3n) is 3.03. The average molecular weight is 363 g/mol. The van der Waals surface area contributed by atoms with Crippen LogP contribution in [0.25, 0.3) is 0 Å². The van der Waals surface area contributed by atoms with Crippen LogP contribution in [-0.2, 0) is 0 Å². The van der Waals surface area contributed by atoms with Crippen LogP contribution in [0.3, 0.4) is 0 Å². The molecule has 0 heterocycles. The van der Waals surface area contributed by atoms with Gasteiger partial charge in [0.25, 0.3) is 0 Å². The summed E-state index contributed by atoms with van der Waals surface area (Å²) in [5, 5.41) is 0. The Morgan fingerprint density at radius 3 is 1.33 bits per heavy atom. The van der Waals surface area contributed by atoms with E-state index >= 15 is 0 Å². The summed E-state index contributed by atoms with van der Waals surface area (Å²) in [4.78, 5) is 0. The van der Waals surface area contributed by atoms with Crippen LogP contribution in [0.2, 0.25) is 0 Å². The molecule has 0 spiro atoms. The molecule has 0 amide bonds. The second kappa shape index (κ2) is 10.8. The Morgan fingerprint density at radius 2 is 1.13 bits per heavy atom. The van der Waals surface area contributed by atoms with E-state index in [-0.39, 0.29) is 0 Å². The molecule has 0 N–H and O–H groups in total. The van der Waals surface area contributed by atoms with Crippen molar-refractivity contribution in [3.05, 3.63) is 0 Å². The average Bonchev–Trinajstić information content (AvgIpc) is 2.29. The van der Waals surface area contributed by atoms with E-state index in [1.807, 2.05) is 0 Å². The Morgan fingerprint density at radius 1 is 0.800 bits per heavy atom. The van der Waals surface area contributed by atoms with Crippen LogP contribution in [0, 0.1) is 0 Å². The number of unbranched alkanes of at least 4 members (excludes halogenated alkanes) is 3. The van der Waals surface area contributed by atoms with Gasteiger partial charge in [-0.2, -0.15) is 0 Å². The van der Waals surface area contributed by atoms with Crippen molar-refractivity contribution in [1.82, 2.24) is 0 Å². The first kappa shape index (κ1) is 16.6. The van der Waals surface area contributed by atoms with Crippen LogP contribution in [0.5, 0.6) is 0 Å². The van der Waals surface area contributed by atoms with Gasteiger partial charge in [-0.3, -0.25) is 0 Å². The van der Waals surface area contributed by atoms with Gasteiger partial charge in [-0.25, -0.2) is 0 Å². The summed E-state index contributed by atoms with van der Waals surface area (Å²) in [7, 11) is 0. The minimum absolute atomic E-state index is 0.477. The van der Waals surface area contributed by atoms with E-state index in [1.165, 1.54) is 44.5 Å². The van der Waals surface area contributed by atoms with E-state index in [4.69, 9.17) is 0 Å². The Bertz CT molecular complexity index is 118. The van der Waals surface area contributed by atoms with Gasteiger partial charge >= 0.3 is 112 Å². The molecular weight excluding hydrogens is 334 g/mol. The van der Waals surface area contributed by atoms with Gasteiger partial charge in [0.15, 0.2) is 0 Å². The van der Waals surface area contributed by atoms with E-state index in [0.717, 1.165) is 0 Å². The molecule has 0 aliphatic heterocycles. The fourth-order valence-electron chi connectivity index (χ4n) is 1.87. The van der Waals surface area contributed by atoms with Gasteiger partial charge in [-0.1, -0.05) is 0 Å². The van der Waals surface area contributed by atoms with Gasteiger partial charge < -0.3 is 0 Å². The van der Waals surface area contributed by atoms with Crippen molar-refractivity contribution in [1.29, 1.82) is 0 Å². The van der Waals surface area contributed by atoms with Crippen LogP contribution in [0.1, 0.15) is 59.3 Å². The van der Waals surface area contributed by atoms with Crippen molar-refractivity contribution < 1.29 is 0 Å². The maximum absolute atomic E-state index is 2.34. The van der Waals surface area contributed by atoms with E-state index in [9.17, 15) is 0 Å². The van der Waals surface area contributed by atoms with Gasteiger partial charge in [0, 0.05) is 0 Å². The van der Waals surface area contributed by atoms with Gasteiger partial charge in [0.2, 0.25) is 0 Å². The predicted molar refractivity (Wildman–Crippen MR) is 81.7 cm³/mol. The Balaban J connectivity index is 4.16. The van der Waals surface area contributed by atoms with Crippen LogP contribution in [-0.4, -0.2) is 40.2 Å². The van der Waals surface area contributed by atoms with Crippen LogP contribution in [0.4, 0.5) is 0 Å². The molecule has 0 bridgehead atoms. The first-order valence-corrected chi connectivity index (χ1v) is 14.5. The molecule has 0 rings (SSSR count). The number of hydrogen-bond donors (Lipinski definition) is 0. The third kappa shape index (κ3) is 7.55. The summed E-state index contributed by atoms with van der Waals surface area (Å²) in [6.45, 7) is 6.56. The molecule has 92 valence electrons. The fourth-order valence-corrected chi connectivity index (χ4v) is 15.6. The first-order chi connectivity index (χ1) is 7.24. The molecule has 0 radical (unpaired) electrons. The van der Waals surface area contributed by atoms with Gasteiger partial charge in [0.05, 0.1) is 0 Å². The Hall–Kier alpha value is 1.65. The predicted octanol–water partition coefficient (Wildman–Crippen LogP) is 4.81. The molecule has 0 saturated heterocycles. The van der Waals surface area contributed by atoms with Crippen LogP contribution >= 0.6 is 12.9 Å². The van der Waals surface area contributed by atoms with E-state index in [2.05, 4.69) is 42.5 Å². The summed E-state index contributed by atoms with van der Waals surface area (Å²) in [6, 6.07) is 0. The maximum atomic E-state index is 2.34. The summed E-state index contributed by atoms with van der Waals surface area (Å²) in [5.41, 5.74) is 0. The number of rotatable bonds is 10. The molecule has 15 heavy (non-hydrogen) atoms. The van der Waals surface area contributed by atoms with Crippen molar-refractivity contribution in [2.24, 2.45) is 0 Å². The molecule has 0 aromatic heterocycles. The molecule has 0 aliphatic rings. The molecule has 1 atom stereocenters. The fraction of sp³-hybridized carbons (Fsp3) is 1.00. The molecule has 0 aromatic rings. The van der Waals surface area contributed by atoms with E-state index < -0.39 is 6.95 Å². The summed E-state index contributed by atoms with van der Waals surface area (Å²) < 4.78 is 0. The first-order valence-electron chi connectivity index (χ1n) is 6.52. The zero-order valence-electron chi connectivity index (χ0n) is 10.8. The third-order valence-corrected chi connectivity index (χ3v) is 21.2. The van der Waals surface area contributed by atoms with Gasteiger partial charge in [-0.05, 0) is 0 Å². The zero-order chi connectivity index (χ0) is 11.6. The topological polar surface area (TPSA) is 0 Å². The zero-order valence-corrected chi connectivity index (χ0v) is 15.2. The quantitative estimate of drug-likeness (QED) is 0.386. The Labute approximate surface area is 112 Å². The van der Waals surface area contributed by atoms with Crippen molar-refractivity contribution in [3.63, 3.8) is 0 Å². The van der Waals surface area contributed by atoms with Crippen molar-refractivity contribution >= 4 is 34.7 Å². The van der Waals surface area contributed by atoms with Gasteiger partial charge in [-0.15, -0.1) is 0 Å². The van der Waals surface area contributed by atoms with Crippen molar-refractivity contribution in [2.75, 3.05) is 18.5 Å². The molecular formula is C12H29P2Te+. The molecule has 0 fully saturated rings. The molecule has 0 nitrogen and oxygen atoms in total. The normalized spacial score (nSPS) is 12.8. The number of hydrogen-bond acceptors (Lipinski definition) is 0. The van der Waals surface area contributed by atoms with E-state index in [0.29, 0.717) is 0 Å². The standard InChI is InChI=1S/C12H29P2Te/c1-4-7-10-14(13-15,11-8-5-2)12-9-6-3/h13,15H,4-12H2,1-3H3/q+1. The van der Waals surface area contributed by atoms with E-state index in [1.54, 1.807) is 18.5 Å². The molecule has 3 heteroatoms. The Kier molecular flexibility index (Phi) is 12.0. The molecule has 0 saturated carbocycles. The van der Waals surface area contributed by atoms with Crippen molar-refractivity contribution in [2.45, 2.75) is 59.3 Å². The van der Waals surface area contributed by atoms with Gasteiger partial charge in [0.1, 0.15) is 0 Å². The second-order valence-electron chi connectivity index (χ2n) is 4.48. The van der Waals surface area contributed by atoms with Crippen LogP contribution < -0.4 is 0 Å². The van der Waals surface area contributed by atoms with Crippen molar-refractivity contribution in [3.8, 4) is 0 Å².